The number of benzene rings is 3. The minimum atomic E-state index is -0.545. The van der Waals surface area contributed by atoms with E-state index in [1.165, 1.54) is 6.08 Å². The van der Waals surface area contributed by atoms with Crippen LogP contribution < -0.4 is 20.1 Å². The fraction of sp³-hybridized carbons (Fsp3) is 0.115. The zero-order valence-electron chi connectivity index (χ0n) is 18.4. The third kappa shape index (κ3) is 7.40. The van der Waals surface area contributed by atoms with E-state index in [1.54, 1.807) is 72.8 Å². The van der Waals surface area contributed by atoms with E-state index in [0.717, 1.165) is 5.75 Å². The fourth-order valence-corrected chi connectivity index (χ4v) is 3.08. The standard InChI is InChI=1S/C26H22ClN3O4/c1-2-33-23-12-8-21(9-13-23)29-25(31)17-34-24-10-6-18(7-11-24)14-19(16-28)26(32)30-22-5-3-4-20(27)15-22/h3-15H,2,17H2,1H3,(H,29,31)(H,30,32)/b19-14+. The van der Waals surface area contributed by atoms with Gasteiger partial charge in [0.1, 0.15) is 23.1 Å². The molecule has 0 saturated heterocycles. The first kappa shape index (κ1) is 24.4. The molecule has 0 fully saturated rings. The molecular formula is C26H22ClN3O4. The lowest BCUT2D eigenvalue weighted by molar-refractivity contribution is -0.118. The van der Waals surface area contributed by atoms with Crippen LogP contribution in [0.3, 0.4) is 0 Å². The number of rotatable bonds is 9. The Morgan fingerprint density at radius 3 is 2.26 bits per heavy atom. The van der Waals surface area contributed by atoms with E-state index in [9.17, 15) is 14.9 Å². The molecule has 0 radical (unpaired) electrons. The summed E-state index contributed by atoms with van der Waals surface area (Å²) in [4.78, 5) is 24.5. The predicted molar refractivity (Wildman–Crippen MR) is 132 cm³/mol. The molecule has 3 aromatic carbocycles. The Balaban J connectivity index is 1.54. The molecule has 2 N–H and O–H groups in total. The summed E-state index contributed by atoms with van der Waals surface area (Å²) in [5, 5.41) is 15.2. The Morgan fingerprint density at radius 2 is 1.62 bits per heavy atom. The summed E-state index contributed by atoms with van der Waals surface area (Å²) in [6.07, 6.45) is 1.46. The summed E-state index contributed by atoms with van der Waals surface area (Å²) in [6, 6.07) is 22.3. The average Bonchev–Trinajstić information content (AvgIpc) is 2.83. The number of carbonyl (C=O) groups is 2. The van der Waals surface area contributed by atoms with E-state index < -0.39 is 5.91 Å². The van der Waals surface area contributed by atoms with Gasteiger partial charge in [-0.3, -0.25) is 9.59 Å². The number of carbonyl (C=O) groups excluding carboxylic acids is 2. The molecule has 0 saturated carbocycles. The van der Waals surface area contributed by atoms with Crippen molar-refractivity contribution in [3.8, 4) is 17.6 Å². The number of halogens is 1. The fourth-order valence-electron chi connectivity index (χ4n) is 2.89. The summed E-state index contributed by atoms with van der Waals surface area (Å²) in [6.45, 7) is 2.30. The van der Waals surface area contributed by atoms with Crippen LogP contribution in [-0.2, 0) is 9.59 Å². The molecule has 0 spiro atoms. The molecule has 34 heavy (non-hydrogen) atoms. The molecule has 3 aromatic rings. The lowest BCUT2D eigenvalue weighted by Crippen LogP contribution is -2.20. The van der Waals surface area contributed by atoms with Crippen LogP contribution >= 0.6 is 11.6 Å². The van der Waals surface area contributed by atoms with Crippen LogP contribution in [0.15, 0.2) is 78.4 Å². The average molecular weight is 476 g/mol. The van der Waals surface area contributed by atoms with E-state index in [-0.39, 0.29) is 18.1 Å². The van der Waals surface area contributed by atoms with Crippen molar-refractivity contribution < 1.29 is 19.1 Å². The van der Waals surface area contributed by atoms with Gasteiger partial charge in [-0.1, -0.05) is 29.8 Å². The van der Waals surface area contributed by atoms with Crippen molar-refractivity contribution in [2.75, 3.05) is 23.8 Å². The van der Waals surface area contributed by atoms with Gasteiger partial charge < -0.3 is 20.1 Å². The molecule has 0 aliphatic heterocycles. The van der Waals surface area contributed by atoms with E-state index in [4.69, 9.17) is 21.1 Å². The first-order chi connectivity index (χ1) is 16.5. The zero-order chi connectivity index (χ0) is 24.3. The van der Waals surface area contributed by atoms with Gasteiger partial charge in [-0.15, -0.1) is 0 Å². The van der Waals surface area contributed by atoms with E-state index in [1.807, 2.05) is 13.0 Å². The highest BCUT2D eigenvalue weighted by molar-refractivity contribution is 6.31. The number of hydrogen-bond donors (Lipinski definition) is 2. The maximum Gasteiger partial charge on any atom is 0.266 e. The molecule has 2 amide bonds. The van der Waals surface area contributed by atoms with Crippen LogP contribution in [0.5, 0.6) is 11.5 Å². The minimum Gasteiger partial charge on any atom is -0.494 e. The monoisotopic (exact) mass is 475 g/mol. The number of hydrogen-bond acceptors (Lipinski definition) is 5. The summed E-state index contributed by atoms with van der Waals surface area (Å²) in [5.74, 6) is 0.349. The molecular weight excluding hydrogens is 454 g/mol. The van der Waals surface area contributed by atoms with E-state index in [0.29, 0.717) is 34.3 Å². The molecule has 0 unspecified atom stereocenters. The summed E-state index contributed by atoms with van der Waals surface area (Å²) >= 11 is 5.92. The van der Waals surface area contributed by atoms with Crippen molar-refractivity contribution in [1.29, 1.82) is 5.26 Å². The molecule has 0 bridgehead atoms. The molecule has 0 aromatic heterocycles. The second-order valence-corrected chi connectivity index (χ2v) is 7.43. The number of amides is 2. The third-order valence-corrected chi connectivity index (χ3v) is 4.69. The minimum absolute atomic E-state index is 0.0663. The zero-order valence-corrected chi connectivity index (χ0v) is 19.1. The molecule has 3 rings (SSSR count). The van der Waals surface area contributed by atoms with Crippen molar-refractivity contribution in [1.82, 2.24) is 0 Å². The summed E-state index contributed by atoms with van der Waals surface area (Å²) in [7, 11) is 0. The Kier molecular flexibility index (Phi) is 8.67. The largest absolute Gasteiger partial charge is 0.494 e. The predicted octanol–water partition coefficient (Wildman–Crippen LogP) is 5.30. The van der Waals surface area contributed by atoms with Crippen molar-refractivity contribution in [3.63, 3.8) is 0 Å². The van der Waals surface area contributed by atoms with Gasteiger partial charge in [0.05, 0.1) is 6.61 Å². The number of nitrogens with one attached hydrogen (secondary N) is 2. The van der Waals surface area contributed by atoms with Crippen molar-refractivity contribution in [2.24, 2.45) is 0 Å². The highest BCUT2D eigenvalue weighted by Gasteiger charge is 2.10. The van der Waals surface area contributed by atoms with Gasteiger partial charge in [-0.25, -0.2) is 0 Å². The quantitative estimate of drug-likeness (QED) is 0.323. The van der Waals surface area contributed by atoms with Crippen molar-refractivity contribution in [3.05, 3.63) is 89.0 Å². The van der Waals surface area contributed by atoms with Crippen molar-refractivity contribution in [2.45, 2.75) is 6.92 Å². The van der Waals surface area contributed by atoms with Gasteiger partial charge in [0.2, 0.25) is 0 Å². The summed E-state index contributed by atoms with van der Waals surface area (Å²) < 4.78 is 10.9. The number of nitrogens with zero attached hydrogens (tertiary/aromatic N) is 1. The van der Waals surface area contributed by atoms with Crippen LogP contribution in [-0.4, -0.2) is 25.0 Å². The Labute approximate surface area is 202 Å². The molecule has 172 valence electrons. The number of anilines is 2. The smallest absolute Gasteiger partial charge is 0.266 e. The highest BCUT2D eigenvalue weighted by atomic mass is 35.5. The van der Waals surface area contributed by atoms with Gasteiger partial charge in [0.15, 0.2) is 6.61 Å². The first-order valence-electron chi connectivity index (χ1n) is 10.4. The molecule has 8 heteroatoms. The van der Waals surface area contributed by atoms with Gasteiger partial charge >= 0.3 is 0 Å². The third-order valence-electron chi connectivity index (χ3n) is 4.46. The maximum absolute atomic E-state index is 12.4. The van der Waals surface area contributed by atoms with Crippen LogP contribution in [0.2, 0.25) is 5.02 Å². The Bertz CT molecular complexity index is 1220. The van der Waals surface area contributed by atoms with E-state index in [2.05, 4.69) is 10.6 Å². The molecule has 0 atom stereocenters. The topological polar surface area (TPSA) is 100 Å². The number of ether oxygens (including phenoxy) is 2. The Hall–Kier alpha value is -4.28. The highest BCUT2D eigenvalue weighted by Crippen LogP contribution is 2.18. The molecule has 0 aliphatic carbocycles. The lowest BCUT2D eigenvalue weighted by atomic mass is 10.1. The van der Waals surface area contributed by atoms with Crippen LogP contribution in [0.4, 0.5) is 11.4 Å². The van der Waals surface area contributed by atoms with Crippen LogP contribution in [0, 0.1) is 11.3 Å². The van der Waals surface area contributed by atoms with E-state index >= 15 is 0 Å². The first-order valence-corrected chi connectivity index (χ1v) is 10.8. The lowest BCUT2D eigenvalue weighted by Gasteiger charge is -2.09. The maximum atomic E-state index is 12.4. The van der Waals surface area contributed by atoms with Gasteiger partial charge in [-0.2, -0.15) is 5.26 Å². The second kappa shape index (κ2) is 12.1. The molecule has 0 heterocycles. The number of nitriles is 1. The van der Waals surface area contributed by atoms with Crippen LogP contribution in [0.1, 0.15) is 12.5 Å². The van der Waals surface area contributed by atoms with Gasteiger partial charge in [-0.05, 0) is 73.2 Å². The van der Waals surface area contributed by atoms with Crippen LogP contribution in [0.25, 0.3) is 6.08 Å². The summed E-state index contributed by atoms with van der Waals surface area (Å²) in [5.41, 5.74) is 1.69. The van der Waals surface area contributed by atoms with Gasteiger partial charge in [0.25, 0.3) is 11.8 Å². The normalized spacial score (nSPS) is 10.7. The second-order valence-electron chi connectivity index (χ2n) is 7.00. The van der Waals surface area contributed by atoms with Crippen molar-refractivity contribution >= 4 is 40.9 Å². The Morgan fingerprint density at radius 1 is 0.941 bits per heavy atom. The molecule has 0 aliphatic rings. The SMILES string of the molecule is CCOc1ccc(NC(=O)COc2ccc(/C=C(\C#N)C(=O)Nc3cccc(Cl)c3)cc2)cc1. The van der Waals surface area contributed by atoms with Gasteiger partial charge in [0, 0.05) is 16.4 Å². The molecule has 7 nitrogen and oxygen atoms in total.